The minimum Gasteiger partial charge on any atom is -0.497 e. The number of carbonyl (C=O) groups is 1. The Morgan fingerprint density at radius 1 is 1.03 bits per heavy atom. The standard InChI is InChI=1S/C25H21N5O2S/c1-32-18-9-7-17(8-10-18)11-14-28-25(31)23-22-19(20-5-4-16-33-20)12-15-27-24(22)30(29-23)21-6-2-3-13-26-21/h2-10,12-13,15-16H,11,14H2,1H3,(H,28,31). The molecule has 33 heavy (non-hydrogen) atoms. The Morgan fingerprint density at radius 3 is 2.64 bits per heavy atom. The fraction of sp³-hybridized carbons (Fsp3) is 0.120. The number of benzene rings is 1. The molecule has 0 aliphatic rings. The van der Waals surface area contributed by atoms with Crippen LogP contribution in [0, 0.1) is 0 Å². The molecule has 5 aromatic rings. The molecule has 1 N–H and O–H groups in total. The maximum atomic E-state index is 13.3. The number of thiophene rings is 1. The highest BCUT2D eigenvalue weighted by Gasteiger charge is 2.23. The number of aromatic nitrogens is 4. The molecule has 0 bridgehead atoms. The molecule has 0 saturated carbocycles. The Balaban J connectivity index is 1.49. The first-order valence-electron chi connectivity index (χ1n) is 10.5. The second-order valence-corrected chi connectivity index (χ2v) is 8.28. The van der Waals surface area contributed by atoms with E-state index in [2.05, 4.69) is 20.4 Å². The lowest BCUT2D eigenvalue weighted by atomic mass is 10.1. The summed E-state index contributed by atoms with van der Waals surface area (Å²) in [5.41, 5.74) is 2.97. The molecule has 5 rings (SSSR count). The third-order valence-corrected chi connectivity index (χ3v) is 6.20. The molecular weight excluding hydrogens is 434 g/mol. The van der Waals surface area contributed by atoms with Gasteiger partial charge >= 0.3 is 0 Å². The predicted molar refractivity (Wildman–Crippen MR) is 129 cm³/mol. The highest BCUT2D eigenvalue weighted by molar-refractivity contribution is 7.13. The number of hydrogen-bond donors (Lipinski definition) is 1. The van der Waals surface area contributed by atoms with E-state index >= 15 is 0 Å². The molecular formula is C25H21N5O2S. The number of nitrogens with zero attached hydrogens (tertiary/aromatic N) is 4. The van der Waals surface area contributed by atoms with Crippen molar-refractivity contribution in [2.24, 2.45) is 0 Å². The van der Waals surface area contributed by atoms with Crippen LogP contribution in [-0.2, 0) is 6.42 Å². The molecule has 0 aliphatic carbocycles. The Kier molecular flexibility index (Phi) is 5.82. The van der Waals surface area contributed by atoms with E-state index in [1.54, 1.807) is 35.5 Å². The number of nitrogens with one attached hydrogen (secondary N) is 1. The van der Waals surface area contributed by atoms with Gasteiger partial charge in [0, 0.05) is 29.4 Å². The Morgan fingerprint density at radius 2 is 1.91 bits per heavy atom. The average molecular weight is 456 g/mol. The van der Waals surface area contributed by atoms with Crippen molar-refractivity contribution < 1.29 is 9.53 Å². The number of hydrogen-bond acceptors (Lipinski definition) is 6. The van der Waals surface area contributed by atoms with Gasteiger partial charge in [0.2, 0.25) is 0 Å². The van der Waals surface area contributed by atoms with Crippen molar-refractivity contribution in [2.75, 3.05) is 13.7 Å². The lowest BCUT2D eigenvalue weighted by Gasteiger charge is -2.06. The number of fused-ring (bicyclic) bond motifs is 1. The van der Waals surface area contributed by atoms with Crippen molar-refractivity contribution in [1.82, 2.24) is 25.1 Å². The van der Waals surface area contributed by atoms with Gasteiger partial charge in [-0.2, -0.15) is 9.78 Å². The Hall–Kier alpha value is -4.04. The third kappa shape index (κ3) is 4.20. The molecule has 0 unspecified atom stereocenters. The zero-order valence-corrected chi connectivity index (χ0v) is 18.7. The Bertz CT molecular complexity index is 1380. The van der Waals surface area contributed by atoms with E-state index < -0.39 is 0 Å². The maximum absolute atomic E-state index is 13.3. The summed E-state index contributed by atoms with van der Waals surface area (Å²) < 4.78 is 6.83. The predicted octanol–water partition coefficient (Wildman–Crippen LogP) is 4.53. The molecule has 0 atom stereocenters. The molecule has 4 heterocycles. The lowest BCUT2D eigenvalue weighted by Crippen LogP contribution is -2.26. The van der Waals surface area contributed by atoms with Gasteiger partial charge in [0.05, 0.1) is 12.5 Å². The fourth-order valence-electron chi connectivity index (χ4n) is 3.67. The van der Waals surface area contributed by atoms with Crippen LogP contribution in [0.2, 0.25) is 0 Å². The van der Waals surface area contributed by atoms with Crippen LogP contribution in [0.3, 0.4) is 0 Å². The zero-order valence-electron chi connectivity index (χ0n) is 17.9. The summed E-state index contributed by atoms with van der Waals surface area (Å²) in [5, 5.41) is 10.4. The van der Waals surface area contributed by atoms with Gasteiger partial charge in [-0.25, -0.2) is 9.97 Å². The molecule has 0 radical (unpaired) electrons. The van der Waals surface area contributed by atoms with Gasteiger partial charge in [0.25, 0.3) is 5.91 Å². The minimum atomic E-state index is -0.242. The van der Waals surface area contributed by atoms with Crippen LogP contribution in [0.4, 0.5) is 0 Å². The summed E-state index contributed by atoms with van der Waals surface area (Å²) in [5.74, 6) is 1.17. The van der Waals surface area contributed by atoms with Gasteiger partial charge in [0.15, 0.2) is 17.2 Å². The number of rotatable bonds is 7. The quantitative estimate of drug-likeness (QED) is 0.390. The van der Waals surface area contributed by atoms with E-state index in [9.17, 15) is 4.79 Å². The Labute approximate surface area is 194 Å². The van der Waals surface area contributed by atoms with Crippen LogP contribution in [0.1, 0.15) is 16.1 Å². The van der Waals surface area contributed by atoms with Gasteiger partial charge < -0.3 is 10.1 Å². The molecule has 164 valence electrons. The van der Waals surface area contributed by atoms with E-state index in [0.29, 0.717) is 35.5 Å². The summed E-state index contributed by atoms with van der Waals surface area (Å²) >= 11 is 1.61. The van der Waals surface area contributed by atoms with Crippen molar-refractivity contribution in [3.05, 3.63) is 89.7 Å². The van der Waals surface area contributed by atoms with Crippen molar-refractivity contribution in [3.63, 3.8) is 0 Å². The molecule has 0 saturated heterocycles. The summed E-state index contributed by atoms with van der Waals surface area (Å²) in [7, 11) is 1.64. The topological polar surface area (TPSA) is 81.9 Å². The van der Waals surface area contributed by atoms with E-state index in [1.807, 2.05) is 66.0 Å². The fourth-order valence-corrected chi connectivity index (χ4v) is 4.43. The zero-order chi connectivity index (χ0) is 22.6. The second kappa shape index (κ2) is 9.22. The lowest BCUT2D eigenvalue weighted by molar-refractivity contribution is 0.0950. The van der Waals surface area contributed by atoms with E-state index in [4.69, 9.17) is 4.74 Å². The number of carbonyl (C=O) groups excluding carboxylic acids is 1. The first-order chi connectivity index (χ1) is 16.2. The largest absolute Gasteiger partial charge is 0.497 e. The van der Waals surface area contributed by atoms with Crippen LogP contribution in [-0.4, -0.2) is 39.3 Å². The minimum absolute atomic E-state index is 0.242. The van der Waals surface area contributed by atoms with Gasteiger partial charge in [-0.05, 0) is 53.8 Å². The summed E-state index contributed by atoms with van der Waals surface area (Å²) in [6, 6.07) is 19.3. The number of methoxy groups -OCH3 is 1. The van der Waals surface area contributed by atoms with Crippen molar-refractivity contribution >= 4 is 28.3 Å². The number of amides is 1. The molecule has 7 nitrogen and oxygen atoms in total. The highest BCUT2D eigenvalue weighted by atomic mass is 32.1. The van der Waals surface area contributed by atoms with Crippen LogP contribution >= 0.6 is 11.3 Å². The monoisotopic (exact) mass is 455 g/mol. The molecule has 1 amide bonds. The van der Waals surface area contributed by atoms with Crippen LogP contribution in [0.15, 0.2) is 78.4 Å². The van der Waals surface area contributed by atoms with E-state index in [-0.39, 0.29) is 5.91 Å². The van der Waals surface area contributed by atoms with Gasteiger partial charge in [-0.1, -0.05) is 24.3 Å². The molecule has 0 spiro atoms. The molecule has 4 aromatic heterocycles. The van der Waals surface area contributed by atoms with Crippen molar-refractivity contribution in [1.29, 1.82) is 0 Å². The van der Waals surface area contributed by atoms with Gasteiger partial charge in [0.1, 0.15) is 5.75 Å². The summed E-state index contributed by atoms with van der Waals surface area (Å²) in [6.45, 7) is 0.484. The maximum Gasteiger partial charge on any atom is 0.272 e. The summed E-state index contributed by atoms with van der Waals surface area (Å²) in [4.78, 5) is 23.3. The second-order valence-electron chi connectivity index (χ2n) is 7.34. The van der Waals surface area contributed by atoms with E-state index in [0.717, 1.165) is 21.8 Å². The average Bonchev–Trinajstić information content (AvgIpc) is 3.53. The first-order valence-corrected chi connectivity index (χ1v) is 11.4. The highest BCUT2D eigenvalue weighted by Crippen LogP contribution is 2.33. The van der Waals surface area contributed by atoms with Crippen molar-refractivity contribution in [2.45, 2.75) is 6.42 Å². The SMILES string of the molecule is COc1ccc(CCNC(=O)c2nn(-c3ccccn3)c3nccc(-c4cccs4)c23)cc1. The molecule has 0 fully saturated rings. The summed E-state index contributed by atoms with van der Waals surface area (Å²) in [6.07, 6.45) is 4.13. The van der Waals surface area contributed by atoms with Crippen LogP contribution < -0.4 is 10.1 Å². The number of pyridine rings is 2. The van der Waals surface area contributed by atoms with Crippen LogP contribution in [0.25, 0.3) is 27.3 Å². The third-order valence-electron chi connectivity index (χ3n) is 5.29. The molecule has 8 heteroatoms. The smallest absolute Gasteiger partial charge is 0.272 e. The van der Waals surface area contributed by atoms with Gasteiger partial charge in [-0.3, -0.25) is 4.79 Å². The van der Waals surface area contributed by atoms with Crippen molar-refractivity contribution in [3.8, 4) is 22.0 Å². The van der Waals surface area contributed by atoms with Crippen LogP contribution in [0.5, 0.6) is 5.75 Å². The molecule has 0 aliphatic heterocycles. The van der Waals surface area contributed by atoms with E-state index in [1.165, 1.54) is 0 Å². The normalized spacial score (nSPS) is 10.9. The number of ether oxygens (including phenoxy) is 1. The first kappa shape index (κ1) is 20.8. The van der Waals surface area contributed by atoms with Gasteiger partial charge in [-0.15, -0.1) is 11.3 Å². The molecule has 1 aromatic carbocycles.